The van der Waals surface area contributed by atoms with E-state index in [0.717, 1.165) is 17.2 Å². The molecule has 2 rings (SSSR count). The first-order valence-electron chi connectivity index (χ1n) is 10.7. The average molecular weight is 459 g/mol. The summed E-state index contributed by atoms with van der Waals surface area (Å²) in [4.78, 5) is 36.0. The molecule has 0 aliphatic heterocycles. The molecule has 1 N–H and O–H groups in total. The van der Waals surface area contributed by atoms with Crippen molar-refractivity contribution in [3.63, 3.8) is 0 Å². The van der Waals surface area contributed by atoms with Crippen LogP contribution in [0.1, 0.15) is 67.9 Å². The van der Waals surface area contributed by atoms with Crippen LogP contribution in [0.15, 0.2) is 30.3 Å². The summed E-state index contributed by atoms with van der Waals surface area (Å²) in [5.74, 6) is -0.946. The zero-order chi connectivity index (χ0) is 24.7. The van der Waals surface area contributed by atoms with Crippen LogP contribution in [0.25, 0.3) is 0 Å². The Kier molecular flexibility index (Phi) is 8.78. The van der Waals surface area contributed by atoms with Crippen LogP contribution in [-0.4, -0.2) is 37.1 Å². The summed E-state index contributed by atoms with van der Waals surface area (Å²) >= 11 is 0. The maximum Gasteiger partial charge on any atom is 0.345 e. The minimum atomic E-state index is -1.01. The fourth-order valence-corrected chi connectivity index (χ4v) is 3.37. The number of hydrogen-bond acceptors (Lipinski definition) is 7. The lowest BCUT2D eigenvalue weighted by atomic mass is 9.92. The van der Waals surface area contributed by atoms with Crippen LogP contribution in [0.2, 0.25) is 0 Å². The number of benzene rings is 2. The Morgan fingerprint density at radius 2 is 1.67 bits per heavy atom. The number of carbonyl (C=O) groups is 2. The number of para-hydroxylation sites is 1. The van der Waals surface area contributed by atoms with Crippen LogP contribution in [0.5, 0.6) is 11.5 Å². The number of carbonyl (C=O) groups excluding carboxylic acids is 2. The molecule has 0 unspecified atom stereocenters. The fraction of sp³-hybridized carbons (Fsp3) is 0.417. The summed E-state index contributed by atoms with van der Waals surface area (Å²) in [7, 11) is 1.35. The van der Waals surface area contributed by atoms with Gasteiger partial charge >= 0.3 is 5.97 Å². The third-order valence-corrected chi connectivity index (χ3v) is 4.97. The van der Waals surface area contributed by atoms with Gasteiger partial charge in [-0.3, -0.25) is 14.9 Å². The van der Waals surface area contributed by atoms with E-state index in [1.807, 2.05) is 45.9 Å². The highest BCUT2D eigenvalue weighted by Gasteiger charge is 2.26. The van der Waals surface area contributed by atoms with Crippen molar-refractivity contribution in [2.45, 2.75) is 46.5 Å². The quantitative estimate of drug-likeness (QED) is 0.301. The number of esters is 1. The number of amides is 1. The number of anilines is 1. The van der Waals surface area contributed by atoms with Gasteiger partial charge in [0.25, 0.3) is 11.6 Å². The highest BCUT2D eigenvalue weighted by Crippen LogP contribution is 2.35. The van der Waals surface area contributed by atoms with Gasteiger partial charge < -0.3 is 19.5 Å². The molecule has 1 amide bonds. The summed E-state index contributed by atoms with van der Waals surface area (Å²) in [6.07, 6.45) is 0. The third-order valence-electron chi connectivity index (χ3n) is 4.97. The molecule has 0 saturated carbocycles. The standard InChI is InChI=1S/C24H30N2O7/c1-7-32-21-12-19(26(29)30)18(11-20(21)31-6)24(28)33-13-22(27)25-23-16(14(2)3)9-8-10-17(23)15(4)5/h8-12,14-15H,7,13H2,1-6H3,(H,25,27). The molecule has 178 valence electrons. The van der Waals surface area contributed by atoms with E-state index < -0.39 is 29.1 Å². The first kappa shape index (κ1) is 25.6. The summed E-state index contributed by atoms with van der Waals surface area (Å²) in [5, 5.41) is 14.3. The molecule has 33 heavy (non-hydrogen) atoms. The Morgan fingerprint density at radius 3 is 2.15 bits per heavy atom. The summed E-state index contributed by atoms with van der Waals surface area (Å²) in [6, 6.07) is 8.10. The number of nitro benzene ring substituents is 1. The van der Waals surface area contributed by atoms with E-state index in [0.29, 0.717) is 5.69 Å². The molecule has 0 radical (unpaired) electrons. The van der Waals surface area contributed by atoms with Crippen LogP contribution >= 0.6 is 0 Å². The van der Waals surface area contributed by atoms with Gasteiger partial charge in [0.1, 0.15) is 5.56 Å². The zero-order valence-electron chi connectivity index (χ0n) is 19.8. The van der Waals surface area contributed by atoms with Crippen molar-refractivity contribution in [3.8, 4) is 11.5 Å². The number of ether oxygens (including phenoxy) is 3. The second kappa shape index (κ2) is 11.3. The maximum absolute atomic E-state index is 12.6. The Hall–Kier alpha value is -3.62. The van der Waals surface area contributed by atoms with Gasteiger partial charge in [-0.1, -0.05) is 45.9 Å². The van der Waals surface area contributed by atoms with Crippen molar-refractivity contribution >= 4 is 23.3 Å². The lowest BCUT2D eigenvalue weighted by molar-refractivity contribution is -0.385. The van der Waals surface area contributed by atoms with Crippen molar-refractivity contribution in [2.75, 3.05) is 25.6 Å². The van der Waals surface area contributed by atoms with Gasteiger partial charge in [0.05, 0.1) is 24.7 Å². The Labute approximate surface area is 193 Å². The molecule has 2 aromatic carbocycles. The molecule has 0 aromatic heterocycles. The first-order chi connectivity index (χ1) is 15.6. The van der Waals surface area contributed by atoms with Crippen molar-refractivity contribution in [3.05, 3.63) is 57.1 Å². The molecular weight excluding hydrogens is 428 g/mol. The topological polar surface area (TPSA) is 117 Å². The van der Waals surface area contributed by atoms with Crippen molar-refractivity contribution < 1.29 is 28.7 Å². The monoisotopic (exact) mass is 458 g/mol. The molecule has 0 saturated heterocycles. The highest BCUT2D eigenvalue weighted by atomic mass is 16.6. The normalized spacial score (nSPS) is 10.8. The molecule has 0 aliphatic carbocycles. The average Bonchev–Trinajstić information content (AvgIpc) is 2.77. The fourth-order valence-electron chi connectivity index (χ4n) is 3.37. The second-order valence-corrected chi connectivity index (χ2v) is 7.96. The van der Waals surface area contributed by atoms with Crippen molar-refractivity contribution in [1.29, 1.82) is 0 Å². The zero-order valence-corrected chi connectivity index (χ0v) is 19.8. The maximum atomic E-state index is 12.6. The molecule has 9 heteroatoms. The molecule has 0 heterocycles. The predicted molar refractivity (Wildman–Crippen MR) is 124 cm³/mol. The minimum absolute atomic E-state index is 0.132. The van der Waals surface area contributed by atoms with Gasteiger partial charge in [-0.2, -0.15) is 0 Å². The SMILES string of the molecule is CCOc1cc([N+](=O)[O-])c(C(=O)OCC(=O)Nc2c(C(C)C)cccc2C(C)C)cc1OC. The van der Waals surface area contributed by atoms with E-state index >= 15 is 0 Å². The largest absolute Gasteiger partial charge is 0.493 e. The van der Waals surface area contributed by atoms with Crippen LogP contribution in [0.3, 0.4) is 0 Å². The van der Waals surface area contributed by atoms with Crippen LogP contribution in [0, 0.1) is 10.1 Å². The van der Waals surface area contributed by atoms with Crippen molar-refractivity contribution in [1.82, 2.24) is 0 Å². The summed E-state index contributed by atoms with van der Waals surface area (Å²) in [6.45, 7) is 9.46. The van der Waals surface area contributed by atoms with E-state index in [9.17, 15) is 19.7 Å². The predicted octanol–water partition coefficient (Wildman–Crippen LogP) is 5.04. The number of nitro groups is 1. The van der Waals surface area contributed by atoms with E-state index in [1.54, 1.807) is 6.92 Å². The lowest BCUT2D eigenvalue weighted by Gasteiger charge is -2.20. The van der Waals surface area contributed by atoms with E-state index in [2.05, 4.69) is 5.32 Å². The Bertz CT molecular complexity index is 1010. The highest BCUT2D eigenvalue weighted by molar-refractivity contribution is 5.98. The van der Waals surface area contributed by atoms with Gasteiger partial charge in [0.2, 0.25) is 0 Å². The summed E-state index contributed by atoms with van der Waals surface area (Å²) < 4.78 is 15.6. The number of rotatable bonds is 10. The Balaban J connectivity index is 2.24. The van der Waals surface area contributed by atoms with Gasteiger partial charge in [0.15, 0.2) is 18.1 Å². The number of hydrogen-bond donors (Lipinski definition) is 1. The van der Waals surface area contributed by atoms with Crippen LogP contribution in [-0.2, 0) is 9.53 Å². The van der Waals surface area contributed by atoms with Gasteiger partial charge in [-0.15, -0.1) is 0 Å². The molecule has 0 aliphatic rings. The molecule has 0 atom stereocenters. The number of nitrogens with one attached hydrogen (secondary N) is 1. The smallest absolute Gasteiger partial charge is 0.345 e. The first-order valence-corrected chi connectivity index (χ1v) is 10.7. The molecule has 0 spiro atoms. The van der Waals surface area contributed by atoms with Crippen LogP contribution in [0.4, 0.5) is 11.4 Å². The summed E-state index contributed by atoms with van der Waals surface area (Å²) in [5.41, 5.74) is 1.79. The lowest BCUT2D eigenvalue weighted by Crippen LogP contribution is -2.23. The Morgan fingerprint density at radius 1 is 1.06 bits per heavy atom. The number of nitrogens with zero attached hydrogens (tertiary/aromatic N) is 1. The third kappa shape index (κ3) is 6.21. The van der Waals surface area contributed by atoms with Crippen LogP contribution < -0.4 is 14.8 Å². The van der Waals surface area contributed by atoms with E-state index in [4.69, 9.17) is 14.2 Å². The molecular formula is C24H30N2O7. The van der Waals surface area contributed by atoms with Gasteiger partial charge in [0, 0.05) is 11.8 Å². The number of methoxy groups -OCH3 is 1. The van der Waals surface area contributed by atoms with E-state index in [1.165, 1.54) is 13.2 Å². The minimum Gasteiger partial charge on any atom is -0.493 e. The van der Waals surface area contributed by atoms with Gasteiger partial charge in [-0.25, -0.2) is 4.79 Å². The molecule has 9 nitrogen and oxygen atoms in total. The van der Waals surface area contributed by atoms with E-state index in [-0.39, 0.29) is 35.5 Å². The molecule has 0 fully saturated rings. The van der Waals surface area contributed by atoms with Gasteiger partial charge in [-0.05, 0) is 29.9 Å². The second-order valence-electron chi connectivity index (χ2n) is 7.96. The van der Waals surface area contributed by atoms with Crippen molar-refractivity contribution in [2.24, 2.45) is 0 Å². The molecule has 2 aromatic rings. The molecule has 0 bridgehead atoms.